The average molecular weight is 312 g/mol. The fourth-order valence-electron chi connectivity index (χ4n) is 2.76. The summed E-state index contributed by atoms with van der Waals surface area (Å²) in [7, 11) is 1.80. The third-order valence-corrected chi connectivity index (χ3v) is 4.14. The highest BCUT2D eigenvalue weighted by Gasteiger charge is 2.15. The van der Waals surface area contributed by atoms with E-state index in [1.807, 2.05) is 12.1 Å². The van der Waals surface area contributed by atoms with Gasteiger partial charge in [0.15, 0.2) is 5.96 Å². The molecule has 1 aliphatic rings. The summed E-state index contributed by atoms with van der Waals surface area (Å²) >= 11 is 0. The molecule has 0 saturated carbocycles. The Bertz CT molecular complexity index is 665. The molecular weight excluding hydrogens is 288 g/mol. The van der Waals surface area contributed by atoms with Crippen LogP contribution in [0.2, 0.25) is 0 Å². The third kappa shape index (κ3) is 4.42. The van der Waals surface area contributed by atoms with E-state index >= 15 is 0 Å². The van der Waals surface area contributed by atoms with Crippen molar-refractivity contribution in [3.63, 3.8) is 0 Å². The molecule has 1 fully saturated rings. The quantitative estimate of drug-likeness (QED) is 0.655. The fraction of sp³-hybridized carbons (Fsp3) is 0.444. The van der Waals surface area contributed by atoms with Crippen molar-refractivity contribution in [2.45, 2.75) is 12.8 Å². The minimum atomic E-state index is 0.593. The summed E-state index contributed by atoms with van der Waals surface area (Å²) in [5.74, 6) is 1.44. The van der Waals surface area contributed by atoms with Gasteiger partial charge < -0.3 is 15.4 Å². The minimum absolute atomic E-state index is 0.593. The van der Waals surface area contributed by atoms with Gasteiger partial charge in [-0.2, -0.15) is 0 Å². The molecule has 2 N–H and O–H groups in total. The summed E-state index contributed by atoms with van der Waals surface area (Å²) < 4.78 is 5.39. The van der Waals surface area contributed by atoms with Gasteiger partial charge in [-0.25, -0.2) is 0 Å². The highest BCUT2D eigenvalue weighted by Crippen LogP contribution is 2.12. The van der Waals surface area contributed by atoms with Crippen LogP contribution in [0.5, 0.6) is 0 Å². The van der Waals surface area contributed by atoms with Crippen LogP contribution in [0.3, 0.4) is 0 Å². The Morgan fingerprint density at radius 3 is 3.00 bits per heavy atom. The van der Waals surface area contributed by atoms with Crippen LogP contribution in [0.25, 0.3) is 10.9 Å². The number of hydrogen-bond acceptors (Lipinski definition) is 3. The number of nitrogens with zero attached hydrogens (tertiary/aromatic N) is 2. The Kier molecular flexibility index (Phi) is 5.42. The Morgan fingerprint density at radius 2 is 2.17 bits per heavy atom. The Balaban J connectivity index is 1.46. The van der Waals surface area contributed by atoms with E-state index in [2.05, 4.69) is 39.9 Å². The number of aliphatic imine (C=N–C) groups is 1. The van der Waals surface area contributed by atoms with Crippen molar-refractivity contribution in [2.75, 3.05) is 33.4 Å². The van der Waals surface area contributed by atoms with Crippen LogP contribution >= 0.6 is 0 Å². The number of pyridine rings is 1. The van der Waals surface area contributed by atoms with E-state index in [1.54, 1.807) is 7.05 Å². The summed E-state index contributed by atoms with van der Waals surface area (Å²) in [6.45, 7) is 3.46. The van der Waals surface area contributed by atoms with Crippen LogP contribution in [0.15, 0.2) is 41.4 Å². The van der Waals surface area contributed by atoms with Gasteiger partial charge in [-0.15, -0.1) is 0 Å². The molecule has 1 saturated heterocycles. The predicted molar refractivity (Wildman–Crippen MR) is 93.7 cm³/mol. The van der Waals surface area contributed by atoms with Gasteiger partial charge in [0.25, 0.3) is 0 Å². The molecule has 5 nitrogen and oxygen atoms in total. The summed E-state index contributed by atoms with van der Waals surface area (Å²) in [4.78, 5) is 8.95. The molecule has 1 aromatic heterocycles. The van der Waals surface area contributed by atoms with Crippen LogP contribution in [0.4, 0.5) is 0 Å². The van der Waals surface area contributed by atoms with E-state index in [9.17, 15) is 0 Å². The van der Waals surface area contributed by atoms with E-state index in [-0.39, 0.29) is 0 Å². The monoisotopic (exact) mass is 312 g/mol. The Hall–Kier alpha value is -2.14. The second-order valence-electron chi connectivity index (χ2n) is 5.85. The molecule has 1 aromatic carbocycles. The number of rotatable bonds is 5. The highest BCUT2D eigenvalue weighted by atomic mass is 16.5. The number of guanidine groups is 1. The van der Waals surface area contributed by atoms with Gasteiger partial charge in [-0.05, 0) is 18.6 Å². The van der Waals surface area contributed by atoms with Gasteiger partial charge in [-0.3, -0.25) is 9.98 Å². The van der Waals surface area contributed by atoms with Crippen LogP contribution in [-0.4, -0.2) is 44.3 Å². The molecule has 23 heavy (non-hydrogen) atoms. The van der Waals surface area contributed by atoms with E-state index in [1.165, 1.54) is 5.39 Å². The second kappa shape index (κ2) is 7.92. The number of para-hydroxylation sites is 1. The number of fused-ring (bicyclic) bond motifs is 1. The SMILES string of the molecule is CN=C(NCCc1ccc2ccccc2n1)NCC1CCOC1. The molecule has 0 aliphatic carbocycles. The van der Waals surface area contributed by atoms with Crippen LogP contribution < -0.4 is 10.6 Å². The van der Waals surface area contributed by atoms with Gasteiger partial charge in [-0.1, -0.05) is 24.3 Å². The molecular formula is C18H24N4O. The maximum absolute atomic E-state index is 5.39. The molecule has 0 radical (unpaired) electrons. The first-order valence-electron chi connectivity index (χ1n) is 8.22. The molecule has 0 spiro atoms. The van der Waals surface area contributed by atoms with Gasteiger partial charge in [0.05, 0.1) is 12.1 Å². The Labute approximate surface area is 137 Å². The zero-order valence-corrected chi connectivity index (χ0v) is 13.6. The largest absolute Gasteiger partial charge is 0.381 e. The summed E-state index contributed by atoms with van der Waals surface area (Å²) in [6, 6.07) is 12.4. The first-order valence-corrected chi connectivity index (χ1v) is 8.22. The number of ether oxygens (including phenoxy) is 1. The maximum atomic E-state index is 5.39. The zero-order chi connectivity index (χ0) is 15.9. The summed E-state index contributed by atoms with van der Waals surface area (Å²) in [6.07, 6.45) is 2.00. The van der Waals surface area contributed by atoms with Crippen molar-refractivity contribution < 1.29 is 4.74 Å². The molecule has 1 unspecified atom stereocenters. The number of hydrogen-bond donors (Lipinski definition) is 2. The number of nitrogens with one attached hydrogen (secondary N) is 2. The molecule has 5 heteroatoms. The number of aromatic nitrogens is 1. The van der Waals surface area contributed by atoms with E-state index in [0.29, 0.717) is 5.92 Å². The average Bonchev–Trinajstić information content (AvgIpc) is 3.11. The lowest BCUT2D eigenvalue weighted by Crippen LogP contribution is -2.40. The lowest BCUT2D eigenvalue weighted by atomic mass is 10.1. The van der Waals surface area contributed by atoms with Gasteiger partial charge in [0, 0.05) is 50.2 Å². The highest BCUT2D eigenvalue weighted by molar-refractivity contribution is 5.80. The van der Waals surface area contributed by atoms with E-state index in [4.69, 9.17) is 9.72 Å². The first-order chi connectivity index (χ1) is 11.3. The molecule has 122 valence electrons. The van der Waals surface area contributed by atoms with Crippen molar-refractivity contribution in [3.8, 4) is 0 Å². The van der Waals surface area contributed by atoms with Crippen molar-refractivity contribution in [2.24, 2.45) is 10.9 Å². The maximum Gasteiger partial charge on any atom is 0.191 e. The summed E-state index contributed by atoms with van der Waals surface area (Å²) in [5.41, 5.74) is 2.14. The second-order valence-corrected chi connectivity index (χ2v) is 5.85. The number of benzene rings is 1. The van der Waals surface area contributed by atoms with Gasteiger partial charge in [0.2, 0.25) is 0 Å². The standard InChI is InChI=1S/C18H24N4O/c1-19-18(21-12-14-9-11-23-13-14)20-10-8-16-7-6-15-4-2-3-5-17(15)22-16/h2-7,14H,8-13H2,1H3,(H2,19,20,21). The van der Waals surface area contributed by atoms with Crippen LogP contribution in [0, 0.1) is 5.92 Å². The lowest BCUT2D eigenvalue weighted by molar-refractivity contribution is 0.186. The molecule has 1 aliphatic heterocycles. The molecule has 0 bridgehead atoms. The van der Waals surface area contributed by atoms with Crippen molar-refractivity contribution in [1.29, 1.82) is 0 Å². The minimum Gasteiger partial charge on any atom is -0.381 e. The van der Waals surface area contributed by atoms with Gasteiger partial charge >= 0.3 is 0 Å². The van der Waals surface area contributed by atoms with E-state index < -0.39 is 0 Å². The van der Waals surface area contributed by atoms with Crippen molar-refractivity contribution in [3.05, 3.63) is 42.1 Å². The first kappa shape index (κ1) is 15.7. The molecule has 2 heterocycles. The van der Waals surface area contributed by atoms with Crippen LogP contribution in [-0.2, 0) is 11.2 Å². The zero-order valence-electron chi connectivity index (χ0n) is 13.6. The lowest BCUT2D eigenvalue weighted by Gasteiger charge is -2.14. The predicted octanol–water partition coefficient (Wildman–Crippen LogP) is 1.98. The molecule has 3 rings (SSSR count). The summed E-state index contributed by atoms with van der Waals surface area (Å²) in [5, 5.41) is 7.89. The van der Waals surface area contributed by atoms with Crippen LogP contribution in [0.1, 0.15) is 12.1 Å². The van der Waals surface area contributed by atoms with Gasteiger partial charge in [0.1, 0.15) is 0 Å². The molecule has 2 aromatic rings. The molecule has 0 amide bonds. The smallest absolute Gasteiger partial charge is 0.191 e. The topological polar surface area (TPSA) is 58.5 Å². The van der Waals surface area contributed by atoms with Crippen molar-refractivity contribution in [1.82, 2.24) is 15.6 Å². The fourth-order valence-corrected chi connectivity index (χ4v) is 2.76. The van der Waals surface area contributed by atoms with Crippen molar-refractivity contribution >= 4 is 16.9 Å². The normalized spacial score (nSPS) is 18.3. The molecule has 1 atom stereocenters. The third-order valence-electron chi connectivity index (χ3n) is 4.14. The van der Waals surface area contributed by atoms with E-state index in [0.717, 1.165) is 56.3 Å². The Morgan fingerprint density at radius 1 is 1.26 bits per heavy atom.